The second kappa shape index (κ2) is 5.37. The van der Waals surface area contributed by atoms with Crippen LogP contribution in [0.15, 0.2) is 0 Å². The van der Waals surface area contributed by atoms with E-state index in [4.69, 9.17) is 9.47 Å². The van der Waals surface area contributed by atoms with Gasteiger partial charge >= 0.3 is 0 Å². The maximum atomic E-state index is 5.24. The first kappa shape index (κ1) is 13.3. The Hall–Kier alpha value is -1.67. The van der Waals surface area contributed by atoms with Crippen molar-refractivity contribution < 1.29 is 9.47 Å². The molecule has 8 heteroatoms. The lowest BCUT2D eigenvalue weighted by Crippen LogP contribution is -2.29. The van der Waals surface area contributed by atoms with Crippen LogP contribution in [0.2, 0.25) is 0 Å². The van der Waals surface area contributed by atoms with E-state index < -0.39 is 0 Å². The number of anilines is 3. The highest BCUT2D eigenvalue weighted by atomic mass is 16.6. The molecule has 3 rings (SSSR count). The molecular formula is C12H20N6O2. The highest BCUT2D eigenvalue weighted by Crippen LogP contribution is 2.19. The molecule has 20 heavy (non-hydrogen) atoms. The Morgan fingerprint density at radius 1 is 1.00 bits per heavy atom. The molecule has 1 aromatic heterocycles. The molecule has 2 fully saturated rings. The Morgan fingerprint density at radius 2 is 1.45 bits per heavy atom. The van der Waals surface area contributed by atoms with Crippen molar-refractivity contribution in [1.29, 1.82) is 0 Å². The second-order valence-corrected chi connectivity index (χ2v) is 5.18. The van der Waals surface area contributed by atoms with E-state index in [1.807, 2.05) is 23.9 Å². The number of rotatable bonds is 7. The Morgan fingerprint density at radius 3 is 1.80 bits per heavy atom. The van der Waals surface area contributed by atoms with Gasteiger partial charge in [0.1, 0.15) is 0 Å². The Balaban J connectivity index is 1.76. The summed E-state index contributed by atoms with van der Waals surface area (Å²) in [4.78, 5) is 17.3. The van der Waals surface area contributed by atoms with Gasteiger partial charge in [-0.25, -0.2) is 0 Å². The summed E-state index contributed by atoms with van der Waals surface area (Å²) in [5, 5.41) is 2.98. The van der Waals surface area contributed by atoms with Gasteiger partial charge in [-0.05, 0) is 0 Å². The molecule has 2 aliphatic rings. The van der Waals surface area contributed by atoms with Crippen molar-refractivity contribution in [2.24, 2.45) is 0 Å². The molecule has 0 aliphatic carbocycles. The summed E-state index contributed by atoms with van der Waals surface area (Å²) < 4.78 is 10.5. The van der Waals surface area contributed by atoms with Gasteiger partial charge in [0.05, 0.1) is 25.4 Å². The van der Waals surface area contributed by atoms with Gasteiger partial charge < -0.3 is 24.6 Å². The Labute approximate surface area is 118 Å². The zero-order valence-corrected chi connectivity index (χ0v) is 12.0. The van der Waals surface area contributed by atoms with E-state index in [1.165, 1.54) is 0 Å². The summed E-state index contributed by atoms with van der Waals surface area (Å²) in [5.74, 6) is 1.87. The number of hydrogen-bond acceptors (Lipinski definition) is 8. The fourth-order valence-corrected chi connectivity index (χ4v) is 1.93. The number of ether oxygens (including phenoxy) is 2. The van der Waals surface area contributed by atoms with Gasteiger partial charge in [-0.1, -0.05) is 0 Å². The molecule has 3 heterocycles. The molecule has 1 aromatic rings. The lowest BCUT2D eigenvalue weighted by atomic mass is 10.4. The van der Waals surface area contributed by atoms with Crippen LogP contribution < -0.4 is 15.1 Å². The maximum absolute atomic E-state index is 5.24. The average molecular weight is 280 g/mol. The van der Waals surface area contributed by atoms with Crippen molar-refractivity contribution in [2.45, 2.75) is 12.2 Å². The van der Waals surface area contributed by atoms with E-state index in [0.717, 1.165) is 26.3 Å². The summed E-state index contributed by atoms with van der Waals surface area (Å²) in [7, 11) is 5.73. The molecule has 2 atom stereocenters. The van der Waals surface area contributed by atoms with Gasteiger partial charge in [0.15, 0.2) is 0 Å². The van der Waals surface area contributed by atoms with Crippen LogP contribution in [0.5, 0.6) is 0 Å². The normalized spacial score (nSPS) is 23.4. The summed E-state index contributed by atoms with van der Waals surface area (Å²) in [6.45, 7) is 3.23. The van der Waals surface area contributed by atoms with Crippen molar-refractivity contribution in [3.05, 3.63) is 0 Å². The number of aromatic nitrogens is 3. The van der Waals surface area contributed by atoms with E-state index in [-0.39, 0.29) is 0 Å². The summed E-state index contributed by atoms with van der Waals surface area (Å²) >= 11 is 0. The summed E-state index contributed by atoms with van der Waals surface area (Å²) in [6.07, 6.45) is 0.603. The van der Waals surface area contributed by atoms with E-state index >= 15 is 0 Å². The van der Waals surface area contributed by atoms with Crippen LogP contribution in [0.3, 0.4) is 0 Å². The summed E-state index contributed by atoms with van der Waals surface area (Å²) in [6, 6.07) is 0. The fourth-order valence-electron chi connectivity index (χ4n) is 1.93. The van der Waals surface area contributed by atoms with Gasteiger partial charge in [-0.15, -0.1) is 0 Å². The zero-order chi connectivity index (χ0) is 14.1. The lowest BCUT2D eigenvalue weighted by molar-refractivity contribution is 0.408. The van der Waals surface area contributed by atoms with Crippen molar-refractivity contribution in [3.63, 3.8) is 0 Å². The van der Waals surface area contributed by atoms with Gasteiger partial charge in [-0.2, -0.15) is 15.0 Å². The molecule has 110 valence electrons. The number of epoxide rings is 2. The van der Waals surface area contributed by atoms with Crippen LogP contribution in [0, 0.1) is 0 Å². The molecule has 2 unspecified atom stereocenters. The van der Waals surface area contributed by atoms with E-state index in [2.05, 4.69) is 20.3 Å². The smallest absolute Gasteiger partial charge is 0.231 e. The summed E-state index contributed by atoms with van der Waals surface area (Å²) in [5.41, 5.74) is 0. The van der Waals surface area contributed by atoms with Crippen molar-refractivity contribution in [1.82, 2.24) is 15.0 Å². The first-order valence-electron chi connectivity index (χ1n) is 6.75. The third-order valence-electron chi connectivity index (χ3n) is 3.28. The number of nitrogens with one attached hydrogen (secondary N) is 1. The number of nitrogens with zero attached hydrogens (tertiary/aromatic N) is 5. The van der Waals surface area contributed by atoms with E-state index in [1.54, 1.807) is 7.05 Å². The third kappa shape index (κ3) is 3.26. The SMILES string of the molecule is CNc1nc(N(C)CC2CO2)nc(N(C)CC2CO2)n1. The third-order valence-corrected chi connectivity index (χ3v) is 3.28. The molecule has 0 radical (unpaired) electrons. The minimum Gasteiger partial charge on any atom is -0.371 e. The molecular weight excluding hydrogens is 260 g/mol. The lowest BCUT2D eigenvalue weighted by Gasteiger charge is -2.20. The Kier molecular flexibility index (Phi) is 3.58. The van der Waals surface area contributed by atoms with E-state index in [0.29, 0.717) is 30.1 Å². The molecule has 0 spiro atoms. The van der Waals surface area contributed by atoms with Crippen LogP contribution in [0.25, 0.3) is 0 Å². The molecule has 2 saturated heterocycles. The largest absolute Gasteiger partial charge is 0.371 e. The minimum absolute atomic E-state index is 0.302. The number of likely N-dealkylation sites (N-methyl/N-ethyl adjacent to an activating group) is 2. The molecule has 0 aromatic carbocycles. The maximum Gasteiger partial charge on any atom is 0.231 e. The molecule has 0 amide bonds. The molecule has 0 saturated carbocycles. The van der Waals surface area contributed by atoms with Crippen molar-refractivity contribution in [3.8, 4) is 0 Å². The van der Waals surface area contributed by atoms with Crippen LogP contribution in [-0.4, -0.2) is 74.6 Å². The van der Waals surface area contributed by atoms with Gasteiger partial charge in [-0.3, -0.25) is 0 Å². The van der Waals surface area contributed by atoms with E-state index in [9.17, 15) is 0 Å². The van der Waals surface area contributed by atoms with Crippen LogP contribution in [0.1, 0.15) is 0 Å². The second-order valence-electron chi connectivity index (χ2n) is 5.18. The van der Waals surface area contributed by atoms with Crippen LogP contribution >= 0.6 is 0 Å². The molecule has 0 bridgehead atoms. The average Bonchev–Trinajstić information content (AvgIpc) is 3.34. The molecule has 1 N–H and O–H groups in total. The minimum atomic E-state index is 0.302. The molecule has 2 aliphatic heterocycles. The standard InChI is InChI=1S/C12H20N6O2/c1-13-10-14-11(17(2)4-8-6-19-8)16-12(15-10)18(3)5-9-7-20-9/h8-9H,4-7H2,1-3H3,(H,13,14,15,16). The predicted octanol–water partition coefficient (Wildman–Crippen LogP) is -0.417. The van der Waals surface area contributed by atoms with Crippen molar-refractivity contribution in [2.75, 3.05) is 62.6 Å². The highest BCUT2D eigenvalue weighted by molar-refractivity contribution is 5.44. The number of hydrogen-bond donors (Lipinski definition) is 1. The first-order chi connectivity index (χ1) is 9.65. The van der Waals surface area contributed by atoms with Crippen LogP contribution in [0.4, 0.5) is 17.8 Å². The fraction of sp³-hybridized carbons (Fsp3) is 0.750. The molecule has 8 nitrogen and oxygen atoms in total. The van der Waals surface area contributed by atoms with Gasteiger partial charge in [0.2, 0.25) is 17.8 Å². The monoisotopic (exact) mass is 280 g/mol. The quantitative estimate of drug-likeness (QED) is 0.675. The zero-order valence-electron chi connectivity index (χ0n) is 12.0. The predicted molar refractivity (Wildman–Crippen MR) is 75.4 cm³/mol. The van der Waals surface area contributed by atoms with Crippen LogP contribution in [-0.2, 0) is 9.47 Å². The first-order valence-corrected chi connectivity index (χ1v) is 6.75. The van der Waals surface area contributed by atoms with Crippen molar-refractivity contribution >= 4 is 17.8 Å². The van der Waals surface area contributed by atoms with Gasteiger partial charge in [0, 0.05) is 34.2 Å². The Bertz CT molecular complexity index is 439. The van der Waals surface area contributed by atoms with Gasteiger partial charge in [0.25, 0.3) is 0 Å². The highest BCUT2D eigenvalue weighted by Gasteiger charge is 2.27. The topological polar surface area (TPSA) is 82.2 Å².